The Labute approximate surface area is 167 Å². The SMILES string of the molecule is COc1ccc(N(C)c2nc(N(C)c3ccc(C)cc3)ncc2C(F)(F)F)cc1. The molecule has 3 rings (SSSR count). The molecule has 0 unspecified atom stereocenters. The van der Waals surface area contributed by atoms with Gasteiger partial charge in [-0.1, -0.05) is 17.7 Å². The van der Waals surface area contributed by atoms with E-state index >= 15 is 0 Å². The molecule has 0 spiro atoms. The third kappa shape index (κ3) is 4.42. The van der Waals surface area contributed by atoms with Crippen LogP contribution >= 0.6 is 0 Å². The number of methoxy groups -OCH3 is 1. The van der Waals surface area contributed by atoms with Gasteiger partial charge in [-0.2, -0.15) is 18.2 Å². The highest BCUT2D eigenvalue weighted by Crippen LogP contribution is 2.38. The summed E-state index contributed by atoms with van der Waals surface area (Å²) in [5.74, 6) is 0.546. The minimum Gasteiger partial charge on any atom is -0.497 e. The number of ether oxygens (including phenoxy) is 1. The summed E-state index contributed by atoms with van der Waals surface area (Å²) in [6.45, 7) is 1.96. The molecule has 0 aliphatic heterocycles. The fraction of sp³-hybridized carbons (Fsp3) is 0.238. The summed E-state index contributed by atoms with van der Waals surface area (Å²) in [4.78, 5) is 11.2. The van der Waals surface area contributed by atoms with Gasteiger partial charge in [-0.15, -0.1) is 0 Å². The molecular weight excluding hydrogens is 381 g/mol. The van der Waals surface area contributed by atoms with E-state index in [2.05, 4.69) is 9.97 Å². The van der Waals surface area contributed by atoms with Crippen molar-refractivity contribution in [1.29, 1.82) is 0 Å². The number of benzene rings is 2. The zero-order chi connectivity index (χ0) is 21.2. The maximum absolute atomic E-state index is 13.6. The van der Waals surface area contributed by atoms with Crippen molar-refractivity contribution in [3.8, 4) is 5.75 Å². The Bertz CT molecular complexity index is 973. The van der Waals surface area contributed by atoms with E-state index in [9.17, 15) is 13.2 Å². The lowest BCUT2D eigenvalue weighted by Gasteiger charge is -2.25. The first-order chi connectivity index (χ1) is 13.7. The highest BCUT2D eigenvalue weighted by Gasteiger charge is 2.37. The van der Waals surface area contributed by atoms with Gasteiger partial charge in [-0.25, -0.2) is 4.98 Å². The largest absolute Gasteiger partial charge is 0.497 e. The Balaban J connectivity index is 2.04. The summed E-state index contributed by atoms with van der Waals surface area (Å²) in [5.41, 5.74) is 1.49. The number of anilines is 4. The Kier molecular flexibility index (Phi) is 5.63. The highest BCUT2D eigenvalue weighted by atomic mass is 19.4. The third-order valence-electron chi connectivity index (χ3n) is 4.56. The standard InChI is InChI=1S/C21H21F3N4O/c1-14-5-7-16(8-6-14)28(3)20-25-13-18(21(22,23)24)19(26-20)27(2)15-9-11-17(29-4)12-10-15/h5-13H,1-4H3. The van der Waals surface area contributed by atoms with E-state index in [0.717, 1.165) is 17.4 Å². The van der Waals surface area contributed by atoms with Crippen LogP contribution in [0.25, 0.3) is 0 Å². The van der Waals surface area contributed by atoms with Gasteiger partial charge in [0.1, 0.15) is 11.3 Å². The molecular formula is C21H21F3N4O. The molecule has 0 aliphatic rings. The number of aryl methyl sites for hydroxylation is 1. The van der Waals surface area contributed by atoms with Crippen LogP contribution in [0.3, 0.4) is 0 Å². The second-order valence-electron chi connectivity index (χ2n) is 6.56. The first-order valence-electron chi connectivity index (χ1n) is 8.83. The van der Waals surface area contributed by atoms with Crippen molar-refractivity contribution in [2.75, 3.05) is 31.0 Å². The van der Waals surface area contributed by atoms with Gasteiger partial charge in [0.05, 0.1) is 7.11 Å². The summed E-state index contributed by atoms with van der Waals surface area (Å²) in [5, 5.41) is 0. The van der Waals surface area contributed by atoms with Crippen molar-refractivity contribution >= 4 is 23.1 Å². The Morgan fingerprint density at radius 2 is 1.41 bits per heavy atom. The van der Waals surface area contributed by atoms with E-state index in [0.29, 0.717) is 11.4 Å². The molecule has 0 amide bonds. The van der Waals surface area contributed by atoms with Crippen molar-refractivity contribution in [1.82, 2.24) is 9.97 Å². The predicted molar refractivity (Wildman–Crippen MR) is 107 cm³/mol. The lowest BCUT2D eigenvalue weighted by molar-refractivity contribution is -0.137. The third-order valence-corrected chi connectivity index (χ3v) is 4.56. The van der Waals surface area contributed by atoms with E-state index in [1.165, 1.54) is 19.1 Å². The second kappa shape index (κ2) is 7.98. The van der Waals surface area contributed by atoms with E-state index in [-0.39, 0.29) is 11.8 Å². The fourth-order valence-electron chi connectivity index (χ4n) is 2.79. The van der Waals surface area contributed by atoms with E-state index in [1.807, 2.05) is 31.2 Å². The van der Waals surface area contributed by atoms with Crippen LogP contribution in [-0.4, -0.2) is 31.2 Å². The van der Waals surface area contributed by atoms with Crippen molar-refractivity contribution in [3.63, 3.8) is 0 Å². The van der Waals surface area contributed by atoms with Crippen LogP contribution in [-0.2, 0) is 6.18 Å². The summed E-state index contributed by atoms with van der Waals surface area (Å²) in [6, 6.07) is 14.3. The van der Waals surface area contributed by atoms with Gasteiger partial charge >= 0.3 is 6.18 Å². The molecule has 0 radical (unpaired) electrons. The van der Waals surface area contributed by atoms with Crippen LogP contribution in [0.2, 0.25) is 0 Å². The molecule has 0 N–H and O–H groups in total. The monoisotopic (exact) mass is 402 g/mol. The summed E-state index contributed by atoms with van der Waals surface area (Å²) in [7, 11) is 4.78. The average molecular weight is 402 g/mol. The minimum atomic E-state index is -4.59. The van der Waals surface area contributed by atoms with Crippen molar-refractivity contribution in [2.45, 2.75) is 13.1 Å². The van der Waals surface area contributed by atoms with Gasteiger partial charge in [-0.05, 0) is 43.3 Å². The maximum atomic E-state index is 13.6. The number of nitrogens with zero attached hydrogens (tertiary/aromatic N) is 4. The zero-order valence-corrected chi connectivity index (χ0v) is 16.5. The van der Waals surface area contributed by atoms with E-state index < -0.39 is 11.7 Å². The molecule has 5 nitrogen and oxygen atoms in total. The normalized spacial score (nSPS) is 11.3. The smallest absolute Gasteiger partial charge is 0.421 e. The number of alkyl halides is 3. The Morgan fingerprint density at radius 1 is 0.862 bits per heavy atom. The maximum Gasteiger partial charge on any atom is 0.421 e. The molecule has 2 aromatic carbocycles. The fourth-order valence-corrected chi connectivity index (χ4v) is 2.79. The summed E-state index contributed by atoms with van der Waals surface area (Å²) in [6.07, 6.45) is -3.76. The molecule has 0 saturated heterocycles. The van der Waals surface area contributed by atoms with Crippen molar-refractivity contribution < 1.29 is 17.9 Å². The molecule has 0 atom stereocenters. The minimum absolute atomic E-state index is 0.164. The molecule has 3 aromatic rings. The first kappa shape index (κ1) is 20.4. The van der Waals surface area contributed by atoms with Crippen LogP contribution in [0, 0.1) is 6.92 Å². The van der Waals surface area contributed by atoms with Gasteiger partial charge in [0, 0.05) is 31.7 Å². The number of aromatic nitrogens is 2. The Hall–Kier alpha value is -3.29. The second-order valence-corrected chi connectivity index (χ2v) is 6.56. The lowest BCUT2D eigenvalue weighted by atomic mass is 10.2. The number of rotatable bonds is 5. The van der Waals surface area contributed by atoms with Gasteiger partial charge in [-0.3, -0.25) is 0 Å². The summed E-state index contributed by atoms with van der Waals surface area (Å²) >= 11 is 0. The topological polar surface area (TPSA) is 41.5 Å². The molecule has 0 fully saturated rings. The molecule has 0 aliphatic carbocycles. The van der Waals surface area contributed by atoms with Crippen molar-refractivity contribution in [2.24, 2.45) is 0 Å². The molecule has 0 saturated carbocycles. The van der Waals surface area contributed by atoms with Gasteiger partial charge in [0.2, 0.25) is 5.95 Å². The average Bonchev–Trinajstić information content (AvgIpc) is 2.72. The molecule has 152 valence electrons. The molecule has 29 heavy (non-hydrogen) atoms. The number of halogens is 3. The number of hydrogen-bond acceptors (Lipinski definition) is 5. The van der Waals surface area contributed by atoms with Crippen LogP contribution in [0.15, 0.2) is 54.7 Å². The van der Waals surface area contributed by atoms with Gasteiger partial charge in [0.15, 0.2) is 5.82 Å². The van der Waals surface area contributed by atoms with E-state index in [4.69, 9.17) is 4.74 Å². The van der Waals surface area contributed by atoms with Crippen LogP contribution in [0.1, 0.15) is 11.1 Å². The Morgan fingerprint density at radius 3 is 1.97 bits per heavy atom. The van der Waals surface area contributed by atoms with E-state index in [1.54, 1.807) is 36.2 Å². The predicted octanol–water partition coefficient (Wildman–Crippen LogP) is 5.35. The van der Waals surface area contributed by atoms with Crippen molar-refractivity contribution in [3.05, 3.63) is 65.9 Å². The summed E-state index contributed by atoms with van der Waals surface area (Å²) < 4.78 is 45.9. The van der Waals surface area contributed by atoms with Crippen LogP contribution in [0.5, 0.6) is 5.75 Å². The lowest BCUT2D eigenvalue weighted by Crippen LogP contribution is -2.21. The number of hydrogen-bond donors (Lipinski definition) is 0. The molecule has 1 heterocycles. The highest BCUT2D eigenvalue weighted by molar-refractivity contribution is 5.66. The van der Waals surface area contributed by atoms with Crippen LogP contribution < -0.4 is 14.5 Å². The van der Waals surface area contributed by atoms with Gasteiger partial charge < -0.3 is 14.5 Å². The van der Waals surface area contributed by atoms with Crippen LogP contribution in [0.4, 0.5) is 36.3 Å². The zero-order valence-electron chi connectivity index (χ0n) is 16.5. The van der Waals surface area contributed by atoms with Gasteiger partial charge in [0.25, 0.3) is 0 Å². The molecule has 0 bridgehead atoms. The molecule has 8 heteroatoms. The molecule has 1 aromatic heterocycles. The first-order valence-corrected chi connectivity index (χ1v) is 8.83. The quantitative estimate of drug-likeness (QED) is 0.576.